The Bertz CT molecular complexity index is 255. The monoisotopic (exact) mass is 214 g/mol. The fourth-order valence-corrected chi connectivity index (χ4v) is 1.64. The highest BCUT2D eigenvalue weighted by Crippen LogP contribution is 2.11. The molecule has 0 radical (unpaired) electrons. The molecule has 1 aliphatic rings. The number of rotatable bonds is 3. The fraction of sp³-hybridized carbons (Fsp3) is 0.800. The molecule has 0 aromatic carbocycles. The van der Waals surface area contributed by atoms with E-state index in [-0.39, 0.29) is 24.3 Å². The molecule has 0 aromatic heterocycles. The average Bonchev–Trinajstić information content (AvgIpc) is 2.19. The van der Waals surface area contributed by atoms with Crippen LogP contribution in [-0.4, -0.2) is 61.5 Å². The van der Waals surface area contributed by atoms with E-state index in [1.165, 1.54) is 0 Å². The lowest BCUT2D eigenvalue weighted by Crippen LogP contribution is -2.54. The van der Waals surface area contributed by atoms with Crippen LogP contribution in [0.4, 0.5) is 0 Å². The Morgan fingerprint density at radius 1 is 1.47 bits per heavy atom. The van der Waals surface area contributed by atoms with E-state index >= 15 is 0 Å². The zero-order valence-corrected chi connectivity index (χ0v) is 9.52. The van der Waals surface area contributed by atoms with E-state index < -0.39 is 0 Å². The molecule has 0 aliphatic carbocycles. The summed E-state index contributed by atoms with van der Waals surface area (Å²) in [5.41, 5.74) is 0. The minimum Gasteiger partial charge on any atom is -0.466 e. The van der Waals surface area contributed by atoms with Crippen LogP contribution in [0.1, 0.15) is 13.3 Å². The van der Waals surface area contributed by atoms with E-state index in [0.717, 1.165) is 6.54 Å². The van der Waals surface area contributed by atoms with Gasteiger partial charge in [-0.05, 0) is 14.0 Å². The van der Waals surface area contributed by atoms with Gasteiger partial charge in [0.1, 0.15) is 0 Å². The first-order valence-electron chi connectivity index (χ1n) is 5.17. The van der Waals surface area contributed by atoms with Crippen LogP contribution >= 0.6 is 0 Å². The molecule has 5 nitrogen and oxygen atoms in total. The van der Waals surface area contributed by atoms with Crippen molar-refractivity contribution in [2.75, 3.05) is 33.8 Å². The summed E-state index contributed by atoms with van der Waals surface area (Å²) in [6, 6.07) is -0.359. The van der Waals surface area contributed by atoms with Crippen molar-refractivity contribution >= 4 is 11.9 Å². The molecule has 0 bridgehead atoms. The maximum Gasteiger partial charge on any atom is 0.307 e. The fourth-order valence-electron chi connectivity index (χ4n) is 1.64. The van der Waals surface area contributed by atoms with Crippen molar-refractivity contribution in [1.82, 2.24) is 9.80 Å². The van der Waals surface area contributed by atoms with Crippen LogP contribution in [0.15, 0.2) is 0 Å². The standard InChI is InChI=1S/C10H18N2O3/c1-4-15-9(13)7-8-10(14)12(3)6-5-11(8)2/h8H,4-7H2,1-3H3. The van der Waals surface area contributed by atoms with E-state index in [0.29, 0.717) is 13.2 Å². The van der Waals surface area contributed by atoms with Crippen LogP contribution in [0.5, 0.6) is 0 Å². The van der Waals surface area contributed by atoms with Crippen molar-refractivity contribution in [3.05, 3.63) is 0 Å². The molecule has 0 saturated carbocycles. The number of ether oxygens (including phenoxy) is 1. The Labute approximate surface area is 90.0 Å². The van der Waals surface area contributed by atoms with Crippen molar-refractivity contribution in [3.8, 4) is 0 Å². The number of nitrogens with zero attached hydrogens (tertiary/aromatic N) is 2. The van der Waals surface area contributed by atoms with Gasteiger partial charge in [0.25, 0.3) is 0 Å². The quantitative estimate of drug-likeness (QED) is 0.606. The molecule has 0 aromatic rings. The average molecular weight is 214 g/mol. The Kier molecular flexibility index (Phi) is 4.08. The van der Waals surface area contributed by atoms with Gasteiger partial charge in [0.2, 0.25) is 5.91 Å². The predicted molar refractivity (Wildman–Crippen MR) is 55.3 cm³/mol. The van der Waals surface area contributed by atoms with Gasteiger partial charge >= 0.3 is 5.97 Å². The molecule has 1 saturated heterocycles. The van der Waals surface area contributed by atoms with Gasteiger partial charge in [-0.25, -0.2) is 0 Å². The summed E-state index contributed by atoms with van der Waals surface area (Å²) in [4.78, 5) is 26.6. The Morgan fingerprint density at radius 3 is 2.73 bits per heavy atom. The molecule has 1 unspecified atom stereocenters. The molecule has 1 atom stereocenters. The van der Waals surface area contributed by atoms with Gasteiger partial charge in [0, 0.05) is 20.1 Å². The normalized spacial score (nSPS) is 23.0. The third-order valence-electron chi connectivity index (χ3n) is 2.65. The number of hydrogen-bond donors (Lipinski definition) is 0. The van der Waals surface area contributed by atoms with Gasteiger partial charge in [0.15, 0.2) is 0 Å². The molecule has 1 aliphatic heterocycles. The van der Waals surface area contributed by atoms with E-state index in [1.807, 2.05) is 11.9 Å². The molecule has 5 heteroatoms. The number of piperazine rings is 1. The lowest BCUT2D eigenvalue weighted by molar-refractivity contribution is -0.151. The first-order valence-corrected chi connectivity index (χ1v) is 5.17. The first kappa shape index (κ1) is 12.0. The molecule has 0 spiro atoms. The van der Waals surface area contributed by atoms with Gasteiger partial charge in [-0.3, -0.25) is 14.5 Å². The van der Waals surface area contributed by atoms with Crippen LogP contribution in [0.3, 0.4) is 0 Å². The van der Waals surface area contributed by atoms with Gasteiger partial charge in [-0.15, -0.1) is 0 Å². The topological polar surface area (TPSA) is 49.9 Å². The molecule has 0 N–H and O–H groups in total. The van der Waals surface area contributed by atoms with Crippen LogP contribution in [-0.2, 0) is 14.3 Å². The van der Waals surface area contributed by atoms with Crippen LogP contribution in [0.25, 0.3) is 0 Å². The summed E-state index contributed by atoms with van der Waals surface area (Å²) in [5.74, 6) is -0.310. The number of hydrogen-bond acceptors (Lipinski definition) is 4. The predicted octanol–water partition coefficient (Wildman–Crippen LogP) is -0.288. The van der Waals surface area contributed by atoms with Crippen molar-refractivity contribution in [1.29, 1.82) is 0 Å². The molecule has 15 heavy (non-hydrogen) atoms. The first-order chi connectivity index (χ1) is 7.06. The van der Waals surface area contributed by atoms with E-state index in [9.17, 15) is 9.59 Å². The highest BCUT2D eigenvalue weighted by atomic mass is 16.5. The lowest BCUT2D eigenvalue weighted by atomic mass is 10.1. The van der Waals surface area contributed by atoms with Crippen molar-refractivity contribution in [3.63, 3.8) is 0 Å². The summed E-state index contributed by atoms with van der Waals surface area (Å²) in [7, 11) is 3.61. The number of carbonyl (C=O) groups is 2. The van der Waals surface area contributed by atoms with E-state index in [2.05, 4.69) is 0 Å². The van der Waals surface area contributed by atoms with Crippen LogP contribution in [0.2, 0.25) is 0 Å². The number of esters is 1. The lowest BCUT2D eigenvalue weighted by Gasteiger charge is -2.36. The second kappa shape index (κ2) is 5.11. The number of likely N-dealkylation sites (N-methyl/N-ethyl adjacent to an activating group) is 2. The summed E-state index contributed by atoms with van der Waals surface area (Å²) in [6.45, 7) is 3.64. The largest absolute Gasteiger partial charge is 0.466 e. The Hall–Kier alpha value is -1.10. The summed E-state index contributed by atoms with van der Waals surface area (Å²) in [6.07, 6.45) is 0.146. The third kappa shape index (κ3) is 2.92. The van der Waals surface area contributed by atoms with Crippen molar-refractivity contribution in [2.24, 2.45) is 0 Å². The van der Waals surface area contributed by atoms with Gasteiger partial charge < -0.3 is 9.64 Å². The van der Waals surface area contributed by atoms with Crippen LogP contribution in [0, 0.1) is 0 Å². The maximum absolute atomic E-state index is 11.8. The summed E-state index contributed by atoms with van der Waals surface area (Å²) >= 11 is 0. The van der Waals surface area contributed by atoms with E-state index in [4.69, 9.17) is 4.74 Å². The maximum atomic E-state index is 11.8. The van der Waals surface area contributed by atoms with Gasteiger partial charge in [-0.1, -0.05) is 0 Å². The second-order valence-corrected chi connectivity index (χ2v) is 3.77. The minimum absolute atomic E-state index is 0.00296. The minimum atomic E-state index is -0.359. The Balaban J connectivity index is 2.57. The molecule has 1 amide bonds. The second-order valence-electron chi connectivity index (χ2n) is 3.77. The zero-order chi connectivity index (χ0) is 11.4. The number of carbonyl (C=O) groups excluding carboxylic acids is 2. The number of amides is 1. The zero-order valence-electron chi connectivity index (χ0n) is 9.52. The third-order valence-corrected chi connectivity index (χ3v) is 2.65. The Morgan fingerprint density at radius 2 is 2.13 bits per heavy atom. The highest BCUT2D eigenvalue weighted by Gasteiger charge is 2.32. The van der Waals surface area contributed by atoms with Gasteiger partial charge in [-0.2, -0.15) is 0 Å². The molecule has 1 fully saturated rings. The van der Waals surface area contributed by atoms with Crippen molar-refractivity contribution < 1.29 is 14.3 Å². The highest BCUT2D eigenvalue weighted by molar-refractivity contribution is 5.87. The molecular weight excluding hydrogens is 196 g/mol. The SMILES string of the molecule is CCOC(=O)CC1C(=O)N(C)CCN1C. The van der Waals surface area contributed by atoms with Crippen molar-refractivity contribution in [2.45, 2.75) is 19.4 Å². The van der Waals surface area contributed by atoms with E-state index in [1.54, 1.807) is 18.9 Å². The van der Waals surface area contributed by atoms with Crippen LogP contribution < -0.4 is 0 Å². The molecule has 86 valence electrons. The summed E-state index contributed by atoms with van der Waals surface area (Å²) in [5, 5.41) is 0. The van der Waals surface area contributed by atoms with Gasteiger partial charge in [0.05, 0.1) is 19.1 Å². The molecular formula is C10H18N2O3. The smallest absolute Gasteiger partial charge is 0.307 e. The molecule has 1 rings (SSSR count). The molecule has 1 heterocycles. The summed E-state index contributed by atoms with van der Waals surface area (Å²) < 4.78 is 4.84.